The zero-order valence-electron chi connectivity index (χ0n) is 14.5. The van der Waals surface area contributed by atoms with Gasteiger partial charge < -0.3 is 16.6 Å². The van der Waals surface area contributed by atoms with E-state index in [0.29, 0.717) is 16.8 Å². The molecule has 1 aromatic heterocycles. The number of hydrogen-bond acceptors (Lipinski definition) is 4. The molecule has 1 amide bonds. The number of nitrogen functional groups attached to an aromatic ring is 1. The number of pyridine rings is 1. The highest BCUT2D eigenvalue weighted by Gasteiger charge is 2.22. The molecule has 0 spiro atoms. The van der Waals surface area contributed by atoms with Crippen LogP contribution >= 0.6 is 0 Å². The van der Waals surface area contributed by atoms with Crippen molar-refractivity contribution in [2.75, 3.05) is 5.73 Å². The number of para-hydroxylation sites is 1. The number of anilines is 1. The van der Waals surface area contributed by atoms with Crippen LogP contribution in [0.25, 0.3) is 16.8 Å². The second-order valence-corrected chi connectivity index (χ2v) is 6.11. The second-order valence-electron chi connectivity index (χ2n) is 6.11. The van der Waals surface area contributed by atoms with Crippen LogP contribution in [0.15, 0.2) is 53.5 Å². The van der Waals surface area contributed by atoms with Crippen molar-refractivity contribution < 1.29 is 9.90 Å². The van der Waals surface area contributed by atoms with Crippen LogP contribution in [0, 0.1) is 13.8 Å². The zero-order valence-corrected chi connectivity index (χ0v) is 14.5. The van der Waals surface area contributed by atoms with Crippen LogP contribution in [0.4, 0.5) is 5.69 Å². The highest BCUT2D eigenvalue weighted by Crippen LogP contribution is 2.35. The molecule has 132 valence electrons. The van der Waals surface area contributed by atoms with Crippen molar-refractivity contribution in [3.05, 3.63) is 75.7 Å². The van der Waals surface area contributed by atoms with Gasteiger partial charge in [-0.15, -0.1) is 0 Å². The van der Waals surface area contributed by atoms with Crippen molar-refractivity contribution in [1.82, 2.24) is 4.57 Å². The van der Waals surface area contributed by atoms with E-state index >= 15 is 0 Å². The molecule has 3 rings (SSSR count). The van der Waals surface area contributed by atoms with Gasteiger partial charge in [0.15, 0.2) is 0 Å². The van der Waals surface area contributed by atoms with Crippen molar-refractivity contribution in [2.24, 2.45) is 5.73 Å². The van der Waals surface area contributed by atoms with E-state index in [1.54, 1.807) is 43.3 Å². The third-order valence-corrected chi connectivity index (χ3v) is 4.44. The molecule has 6 heteroatoms. The quantitative estimate of drug-likeness (QED) is 0.674. The molecule has 26 heavy (non-hydrogen) atoms. The first kappa shape index (κ1) is 17.3. The number of carbonyl (C=O) groups is 1. The Hall–Kier alpha value is -3.54. The molecule has 0 aliphatic heterocycles. The van der Waals surface area contributed by atoms with Crippen LogP contribution in [0.2, 0.25) is 0 Å². The molecule has 0 unspecified atom stereocenters. The average Bonchev–Trinajstić information content (AvgIpc) is 2.61. The van der Waals surface area contributed by atoms with Crippen LogP contribution in [-0.4, -0.2) is 15.6 Å². The molecule has 0 bridgehead atoms. The first-order valence-corrected chi connectivity index (χ1v) is 8.02. The number of hydrogen-bond donors (Lipinski definition) is 3. The largest absolute Gasteiger partial charge is 0.508 e. The molecule has 0 saturated carbocycles. The van der Waals surface area contributed by atoms with Crippen molar-refractivity contribution in [2.45, 2.75) is 13.8 Å². The molecule has 0 fully saturated rings. The minimum Gasteiger partial charge on any atom is -0.508 e. The summed E-state index contributed by atoms with van der Waals surface area (Å²) < 4.78 is 1.34. The minimum atomic E-state index is -0.733. The molecule has 0 aliphatic carbocycles. The van der Waals surface area contributed by atoms with Crippen molar-refractivity contribution in [3.63, 3.8) is 0 Å². The Morgan fingerprint density at radius 3 is 2.31 bits per heavy atom. The van der Waals surface area contributed by atoms with Crippen LogP contribution in [0.1, 0.15) is 21.5 Å². The maximum absolute atomic E-state index is 13.2. The number of aromatic hydroxyl groups is 1. The average molecular weight is 349 g/mol. The summed E-state index contributed by atoms with van der Waals surface area (Å²) in [5.74, 6) is -0.691. The fraction of sp³-hybridized carbons (Fsp3) is 0.100. The van der Waals surface area contributed by atoms with Gasteiger partial charge in [0.1, 0.15) is 5.75 Å². The highest BCUT2D eigenvalue weighted by atomic mass is 16.3. The Morgan fingerprint density at radius 1 is 1.04 bits per heavy atom. The summed E-state index contributed by atoms with van der Waals surface area (Å²) in [4.78, 5) is 25.1. The number of nitrogens with two attached hydrogens (primary N) is 2. The van der Waals surface area contributed by atoms with Crippen LogP contribution in [0.5, 0.6) is 5.75 Å². The summed E-state index contributed by atoms with van der Waals surface area (Å²) in [6.07, 6.45) is 1.35. The first-order chi connectivity index (χ1) is 12.3. The van der Waals surface area contributed by atoms with Gasteiger partial charge in [-0.3, -0.25) is 14.2 Å². The number of rotatable bonds is 3. The molecule has 3 aromatic rings. The normalized spacial score (nSPS) is 10.7. The molecule has 0 radical (unpaired) electrons. The lowest BCUT2D eigenvalue weighted by Crippen LogP contribution is -2.26. The summed E-state index contributed by atoms with van der Waals surface area (Å²) >= 11 is 0. The molecule has 0 aliphatic rings. The Balaban J connectivity index is 2.47. The monoisotopic (exact) mass is 349 g/mol. The number of phenolic OH excluding ortho intramolecular Hbond substituents is 1. The van der Waals surface area contributed by atoms with Crippen molar-refractivity contribution in [1.29, 1.82) is 0 Å². The molecule has 6 nitrogen and oxygen atoms in total. The number of aryl methyl sites for hydroxylation is 1. The van der Waals surface area contributed by atoms with Gasteiger partial charge in [-0.25, -0.2) is 0 Å². The maximum Gasteiger partial charge on any atom is 0.265 e. The summed E-state index contributed by atoms with van der Waals surface area (Å²) in [6.45, 7) is 3.50. The summed E-state index contributed by atoms with van der Waals surface area (Å²) in [7, 11) is 0. The van der Waals surface area contributed by atoms with E-state index in [1.165, 1.54) is 10.8 Å². The topological polar surface area (TPSA) is 111 Å². The lowest BCUT2D eigenvalue weighted by Gasteiger charge is -2.17. The number of aromatic nitrogens is 1. The second kappa shape index (κ2) is 6.40. The first-order valence-electron chi connectivity index (χ1n) is 8.02. The van der Waals surface area contributed by atoms with E-state index in [4.69, 9.17) is 11.5 Å². The third kappa shape index (κ3) is 2.71. The van der Waals surface area contributed by atoms with Crippen LogP contribution < -0.4 is 17.0 Å². The summed E-state index contributed by atoms with van der Waals surface area (Å²) in [5, 5.41) is 10.1. The van der Waals surface area contributed by atoms with Gasteiger partial charge in [0.2, 0.25) is 0 Å². The lowest BCUT2D eigenvalue weighted by molar-refractivity contribution is 0.100. The molecule has 2 aromatic carbocycles. The molecular formula is C20H19N3O3. The summed E-state index contributed by atoms with van der Waals surface area (Å²) in [6, 6.07) is 12.1. The van der Waals surface area contributed by atoms with E-state index in [9.17, 15) is 14.7 Å². The predicted molar refractivity (Wildman–Crippen MR) is 102 cm³/mol. The SMILES string of the molecule is Cc1ccc(O)c(C)c1-c1c(N)c(C(N)=O)cn(-c2ccccc2)c1=O. The third-order valence-electron chi connectivity index (χ3n) is 4.44. The van der Waals surface area contributed by atoms with Gasteiger partial charge >= 0.3 is 0 Å². The van der Waals surface area contributed by atoms with Gasteiger partial charge in [-0.1, -0.05) is 24.3 Å². The number of carbonyl (C=O) groups excluding carboxylic acids is 1. The molecular weight excluding hydrogens is 330 g/mol. The fourth-order valence-corrected chi connectivity index (χ4v) is 3.07. The zero-order chi connectivity index (χ0) is 19.0. The number of phenols is 1. The predicted octanol–water partition coefficient (Wildman–Crippen LogP) is 2.51. The van der Waals surface area contributed by atoms with E-state index in [-0.39, 0.29) is 22.6 Å². The maximum atomic E-state index is 13.2. The number of benzene rings is 2. The van der Waals surface area contributed by atoms with Crippen molar-refractivity contribution >= 4 is 11.6 Å². The fourth-order valence-electron chi connectivity index (χ4n) is 3.07. The van der Waals surface area contributed by atoms with Gasteiger partial charge in [0.25, 0.3) is 11.5 Å². The lowest BCUT2D eigenvalue weighted by atomic mass is 9.93. The molecule has 1 heterocycles. The van der Waals surface area contributed by atoms with E-state index in [1.807, 2.05) is 13.0 Å². The Morgan fingerprint density at radius 2 is 1.69 bits per heavy atom. The van der Waals surface area contributed by atoms with E-state index < -0.39 is 11.5 Å². The molecule has 0 saturated heterocycles. The molecule has 0 atom stereocenters. The Bertz CT molecular complexity index is 1070. The minimum absolute atomic E-state index is 0.00600. The van der Waals surface area contributed by atoms with Gasteiger partial charge in [-0.2, -0.15) is 0 Å². The number of nitrogens with zero attached hydrogens (tertiary/aromatic N) is 1. The van der Waals surface area contributed by atoms with Crippen LogP contribution in [-0.2, 0) is 0 Å². The van der Waals surface area contributed by atoms with Crippen LogP contribution in [0.3, 0.4) is 0 Å². The van der Waals surface area contributed by atoms with E-state index in [2.05, 4.69) is 0 Å². The molecule has 5 N–H and O–H groups in total. The van der Waals surface area contributed by atoms with Gasteiger partial charge in [-0.05, 0) is 48.7 Å². The van der Waals surface area contributed by atoms with Gasteiger partial charge in [0, 0.05) is 11.9 Å². The number of primary amides is 1. The van der Waals surface area contributed by atoms with E-state index in [0.717, 1.165) is 5.56 Å². The summed E-state index contributed by atoms with van der Waals surface area (Å²) in [5.41, 5.74) is 13.8. The highest BCUT2D eigenvalue weighted by molar-refractivity contribution is 6.01. The van der Waals surface area contributed by atoms with Crippen molar-refractivity contribution in [3.8, 4) is 22.6 Å². The smallest absolute Gasteiger partial charge is 0.265 e. The Labute approximate surface area is 150 Å². The standard InChI is InChI=1S/C20H19N3O3/c1-11-8-9-15(24)12(2)16(11)17-18(21)14(19(22)25)10-23(20(17)26)13-6-4-3-5-7-13/h3-10,24H,21H2,1-2H3,(H2,22,25). The number of amides is 1. The Kier molecular flexibility index (Phi) is 4.26. The van der Waals surface area contributed by atoms with Gasteiger partial charge in [0.05, 0.1) is 16.8 Å².